The Morgan fingerprint density at radius 1 is 1.25 bits per heavy atom. The summed E-state index contributed by atoms with van der Waals surface area (Å²) < 4.78 is 39.3. The summed E-state index contributed by atoms with van der Waals surface area (Å²) >= 11 is 0. The topological polar surface area (TPSA) is 28.2 Å². The van der Waals surface area contributed by atoms with Gasteiger partial charge in [-0.1, -0.05) is 12.8 Å². The molecule has 2 rings (SSSR count). The molecule has 1 heterocycles. The third kappa shape index (κ3) is 3.35. The van der Waals surface area contributed by atoms with Crippen molar-refractivity contribution in [1.82, 2.24) is 4.98 Å². The van der Waals surface area contributed by atoms with Crippen LogP contribution in [0.2, 0.25) is 0 Å². The lowest BCUT2D eigenvalue weighted by atomic mass is 9.84. The van der Waals surface area contributed by atoms with Crippen molar-refractivity contribution in [2.45, 2.75) is 37.9 Å². The van der Waals surface area contributed by atoms with Crippen molar-refractivity contribution in [3.63, 3.8) is 0 Å². The molecule has 0 spiro atoms. The van der Waals surface area contributed by atoms with E-state index in [0.29, 0.717) is 18.5 Å². The highest BCUT2D eigenvalue weighted by Gasteiger charge is 2.45. The van der Waals surface area contributed by atoms with Crippen LogP contribution in [0.3, 0.4) is 0 Å². The van der Waals surface area contributed by atoms with Crippen molar-refractivity contribution in [3.8, 4) is 0 Å². The van der Waals surface area contributed by atoms with Crippen molar-refractivity contribution in [2.75, 3.05) is 24.3 Å². The molecular formula is C14H20F3N3. The van der Waals surface area contributed by atoms with Crippen LogP contribution in [0.25, 0.3) is 0 Å². The molecule has 0 aliphatic heterocycles. The predicted molar refractivity (Wildman–Crippen MR) is 74.0 cm³/mol. The van der Waals surface area contributed by atoms with Gasteiger partial charge < -0.3 is 10.2 Å². The van der Waals surface area contributed by atoms with Crippen molar-refractivity contribution in [3.05, 3.63) is 18.5 Å². The van der Waals surface area contributed by atoms with Gasteiger partial charge in [0.25, 0.3) is 0 Å². The minimum atomic E-state index is -4.14. The standard InChI is InChI=1S/C14H20F3N3/c1-20(2)13-7-8-18-9-12(13)19-11-6-4-3-5-10(11)14(15,16)17/h7-11,19H,3-6H2,1-2H3. The second-order valence-electron chi connectivity index (χ2n) is 5.47. The fourth-order valence-corrected chi connectivity index (χ4v) is 2.78. The highest BCUT2D eigenvalue weighted by atomic mass is 19.4. The van der Waals surface area contributed by atoms with Gasteiger partial charge in [0.15, 0.2) is 0 Å². The third-order valence-corrected chi connectivity index (χ3v) is 3.81. The van der Waals surface area contributed by atoms with E-state index in [2.05, 4.69) is 10.3 Å². The average Bonchev–Trinajstić information content (AvgIpc) is 2.38. The van der Waals surface area contributed by atoms with Gasteiger partial charge in [-0.15, -0.1) is 0 Å². The van der Waals surface area contributed by atoms with E-state index in [-0.39, 0.29) is 6.42 Å². The van der Waals surface area contributed by atoms with Gasteiger partial charge in [-0.25, -0.2) is 0 Å². The van der Waals surface area contributed by atoms with Crippen LogP contribution in [0, 0.1) is 5.92 Å². The second kappa shape index (κ2) is 5.89. The first-order chi connectivity index (χ1) is 9.39. The fourth-order valence-electron chi connectivity index (χ4n) is 2.78. The fraction of sp³-hybridized carbons (Fsp3) is 0.643. The van der Waals surface area contributed by atoms with Crippen molar-refractivity contribution in [2.24, 2.45) is 5.92 Å². The molecule has 1 aliphatic carbocycles. The van der Waals surface area contributed by atoms with Gasteiger partial charge in [-0.3, -0.25) is 4.98 Å². The van der Waals surface area contributed by atoms with Gasteiger partial charge in [0.1, 0.15) is 0 Å². The van der Waals surface area contributed by atoms with E-state index in [4.69, 9.17) is 0 Å². The lowest BCUT2D eigenvalue weighted by Gasteiger charge is -2.34. The summed E-state index contributed by atoms with van der Waals surface area (Å²) in [5, 5.41) is 3.06. The van der Waals surface area contributed by atoms with Crippen LogP contribution in [0.15, 0.2) is 18.5 Å². The summed E-state index contributed by atoms with van der Waals surface area (Å²) in [7, 11) is 3.73. The highest BCUT2D eigenvalue weighted by Crippen LogP contribution is 2.39. The van der Waals surface area contributed by atoms with Crippen molar-refractivity contribution < 1.29 is 13.2 Å². The molecule has 0 amide bonds. The van der Waals surface area contributed by atoms with Gasteiger partial charge in [0, 0.05) is 26.3 Å². The molecule has 1 aromatic rings. The molecule has 1 saturated carbocycles. The number of nitrogens with zero attached hydrogens (tertiary/aromatic N) is 2. The monoisotopic (exact) mass is 287 g/mol. The SMILES string of the molecule is CN(C)c1ccncc1NC1CCCCC1C(F)(F)F. The average molecular weight is 287 g/mol. The van der Waals surface area contributed by atoms with Crippen LogP contribution in [0.1, 0.15) is 25.7 Å². The number of rotatable bonds is 3. The van der Waals surface area contributed by atoms with E-state index < -0.39 is 18.1 Å². The van der Waals surface area contributed by atoms with Gasteiger partial charge in [-0.05, 0) is 18.9 Å². The van der Waals surface area contributed by atoms with Crippen molar-refractivity contribution in [1.29, 1.82) is 0 Å². The number of hydrogen-bond donors (Lipinski definition) is 1. The molecule has 1 fully saturated rings. The van der Waals surface area contributed by atoms with Crippen molar-refractivity contribution >= 4 is 11.4 Å². The lowest BCUT2D eigenvalue weighted by molar-refractivity contribution is -0.184. The van der Waals surface area contributed by atoms with Gasteiger partial charge in [0.2, 0.25) is 0 Å². The van der Waals surface area contributed by atoms with E-state index in [1.165, 1.54) is 0 Å². The molecule has 0 aromatic carbocycles. The third-order valence-electron chi connectivity index (χ3n) is 3.81. The maximum absolute atomic E-state index is 13.1. The van der Waals surface area contributed by atoms with E-state index in [0.717, 1.165) is 12.1 Å². The first-order valence-corrected chi connectivity index (χ1v) is 6.84. The Labute approximate surface area is 117 Å². The van der Waals surface area contributed by atoms with Crippen LogP contribution < -0.4 is 10.2 Å². The first-order valence-electron chi connectivity index (χ1n) is 6.84. The number of halogens is 3. The molecular weight excluding hydrogens is 267 g/mol. The molecule has 2 atom stereocenters. The van der Waals surface area contributed by atoms with Crippen LogP contribution in [-0.4, -0.2) is 31.3 Å². The summed E-state index contributed by atoms with van der Waals surface area (Å²) in [6.45, 7) is 0. The Morgan fingerprint density at radius 2 is 1.95 bits per heavy atom. The minimum absolute atomic E-state index is 0.207. The Balaban J connectivity index is 2.19. The Morgan fingerprint density at radius 3 is 2.60 bits per heavy atom. The largest absolute Gasteiger partial charge is 0.393 e. The number of hydrogen-bond acceptors (Lipinski definition) is 3. The zero-order valence-electron chi connectivity index (χ0n) is 11.7. The first kappa shape index (κ1) is 14.9. The molecule has 6 heteroatoms. The maximum atomic E-state index is 13.1. The predicted octanol–water partition coefficient (Wildman–Crippen LogP) is 3.68. The van der Waals surface area contributed by atoms with E-state index in [1.54, 1.807) is 18.5 Å². The number of nitrogens with one attached hydrogen (secondary N) is 1. The summed E-state index contributed by atoms with van der Waals surface area (Å²) in [6.07, 6.45) is 1.33. The molecule has 112 valence electrons. The number of pyridine rings is 1. The van der Waals surface area contributed by atoms with Gasteiger partial charge in [-0.2, -0.15) is 13.2 Å². The van der Waals surface area contributed by atoms with Crippen LogP contribution in [0.4, 0.5) is 24.5 Å². The Hall–Kier alpha value is -1.46. The number of alkyl halides is 3. The summed E-state index contributed by atoms with van der Waals surface area (Å²) in [6, 6.07) is 1.24. The molecule has 0 saturated heterocycles. The normalized spacial score (nSPS) is 23.4. The van der Waals surface area contributed by atoms with Crippen LogP contribution in [0.5, 0.6) is 0 Å². The van der Waals surface area contributed by atoms with Gasteiger partial charge >= 0.3 is 6.18 Å². The number of anilines is 2. The summed E-state index contributed by atoms with van der Waals surface area (Å²) in [4.78, 5) is 5.88. The lowest BCUT2D eigenvalue weighted by Crippen LogP contribution is -2.41. The minimum Gasteiger partial charge on any atom is -0.379 e. The molecule has 0 bridgehead atoms. The molecule has 1 aromatic heterocycles. The number of aromatic nitrogens is 1. The summed E-state index contributed by atoms with van der Waals surface area (Å²) in [5.41, 5.74) is 1.52. The van der Waals surface area contributed by atoms with Gasteiger partial charge in [0.05, 0.1) is 23.5 Å². The summed E-state index contributed by atoms with van der Waals surface area (Å²) in [5.74, 6) is -1.27. The molecule has 0 radical (unpaired) electrons. The second-order valence-corrected chi connectivity index (χ2v) is 5.47. The maximum Gasteiger partial charge on any atom is 0.393 e. The molecule has 1 aliphatic rings. The van der Waals surface area contributed by atoms with E-state index in [1.807, 2.05) is 19.0 Å². The zero-order chi connectivity index (χ0) is 14.8. The highest BCUT2D eigenvalue weighted by molar-refractivity contribution is 5.68. The molecule has 2 unspecified atom stereocenters. The van der Waals surface area contributed by atoms with Crippen LogP contribution >= 0.6 is 0 Å². The van der Waals surface area contributed by atoms with Crippen LogP contribution in [-0.2, 0) is 0 Å². The molecule has 20 heavy (non-hydrogen) atoms. The Bertz CT molecular complexity index is 446. The Kier molecular flexibility index (Phi) is 4.40. The zero-order valence-corrected chi connectivity index (χ0v) is 11.7. The van der Waals surface area contributed by atoms with E-state index >= 15 is 0 Å². The quantitative estimate of drug-likeness (QED) is 0.919. The van der Waals surface area contributed by atoms with E-state index in [9.17, 15) is 13.2 Å². The molecule has 1 N–H and O–H groups in total. The molecule has 3 nitrogen and oxygen atoms in total. The smallest absolute Gasteiger partial charge is 0.379 e.